The fourth-order valence-corrected chi connectivity index (χ4v) is 2.87. The minimum Gasteiger partial charge on any atom is -0.478 e. The predicted molar refractivity (Wildman–Crippen MR) is 106 cm³/mol. The van der Waals surface area contributed by atoms with Gasteiger partial charge in [-0.15, -0.1) is 10.2 Å². The van der Waals surface area contributed by atoms with Crippen LogP contribution in [0.25, 0.3) is 16.9 Å². The lowest BCUT2D eigenvalue weighted by atomic mass is 10.1. The molecule has 0 saturated carbocycles. The van der Waals surface area contributed by atoms with Crippen molar-refractivity contribution >= 4 is 17.2 Å². The van der Waals surface area contributed by atoms with E-state index >= 15 is 0 Å². The van der Waals surface area contributed by atoms with Crippen molar-refractivity contribution in [1.82, 2.24) is 19.8 Å². The van der Waals surface area contributed by atoms with Crippen molar-refractivity contribution in [3.05, 3.63) is 72.1 Å². The van der Waals surface area contributed by atoms with E-state index in [0.29, 0.717) is 28.9 Å². The van der Waals surface area contributed by atoms with E-state index < -0.39 is 23.6 Å². The van der Waals surface area contributed by atoms with Gasteiger partial charge < -0.3 is 10.1 Å². The molecule has 0 aliphatic carbocycles. The van der Waals surface area contributed by atoms with Crippen molar-refractivity contribution in [2.75, 3.05) is 5.32 Å². The van der Waals surface area contributed by atoms with Crippen molar-refractivity contribution in [2.24, 2.45) is 0 Å². The number of rotatable bonds is 5. The average molecular weight is 409 g/mol. The number of benzene rings is 2. The maximum atomic E-state index is 13.7. The summed E-state index contributed by atoms with van der Waals surface area (Å²) >= 11 is 0. The summed E-state index contributed by atoms with van der Waals surface area (Å²) in [6, 6.07) is 13.6. The molecule has 0 aliphatic rings. The van der Waals surface area contributed by atoms with Crippen LogP contribution in [0.15, 0.2) is 54.6 Å². The molecule has 0 fully saturated rings. The summed E-state index contributed by atoms with van der Waals surface area (Å²) in [5, 5.41) is 15.2. The molecule has 0 radical (unpaired) electrons. The second kappa shape index (κ2) is 7.86. The van der Waals surface area contributed by atoms with Gasteiger partial charge in [0.15, 0.2) is 29.1 Å². The molecule has 2 aromatic heterocycles. The maximum absolute atomic E-state index is 13.7. The van der Waals surface area contributed by atoms with Crippen LogP contribution in [0.4, 0.5) is 14.5 Å². The first-order chi connectivity index (χ1) is 14.4. The molecule has 30 heavy (non-hydrogen) atoms. The smallest absolute Gasteiger partial charge is 0.265 e. The molecule has 1 atom stereocenters. The molecule has 2 heterocycles. The van der Waals surface area contributed by atoms with Gasteiger partial charge in [-0.25, -0.2) is 8.78 Å². The van der Waals surface area contributed by atoms with Gasteiger partial charge in [-0.2, -0.15) is 9.61 Å². The first-order valence-electron chi connectivity index (χ1n) is 9.13. The molecule has 152 valence electrons. The zero-order valence-electron chi connectivity index (χ0n) is 16.1. The Labute approximate surface area is 170 Å². The molecule has 0 bridgehead atoms. The van der Waals surface area contributed by atoms with Gasteiger partial charge in [0.1, 0.15) is 5.82 Å². The van der Waals surface area contributed by atoms with Crippen LogP contribution in [0.1, 0.15) is 12.7 Å². The van der Waals surface area contributed by atoms with Crippen molar-refractivity contribution in [2.45, 2.75) is 20.0 Å². The molecule has 7 nitrogen and oxygen atoms in total. The standard InChI is InChI=1S/C21H17F2N5O2/c1-12(30-19-8-6-15(22)11-17(19)23)21(29)24-16-5-3-4-14(10-16)18-7-9-20-26-25-13(2)28(20)27-18/h3-12H,1-2H3,(H,24,29). The molecular formula is C21H17F2N5O2. The van der Waals surface area contributed by atoms with Crippen LogP contribution in [0.5, 0.6) is 5.75 Å². The number of fused-ring (bicyclic) bond motifs is 1. The molecule has 1 unspecified atom stereocenters. The lowest BCUT2D eigenvalue weighted by Gasteiger charge is -2.15. The predicted octanol–water partition coefficient (Wildman–Crippen LogP) is 3.78. The number of nitrogens with one attached hydrogen (secondary N) is 1. The number of aromatic nitrogens is 4. The Hall–Kier alpha value is -3.88. The van der Waals surface area contributed by atoms with E-state index in [4.69, 9.17) is 4.74 Å². The number of amides is 1. The highest BCUT2D eigenvalue weighted by Gasteiger charge is 2.17. The van der Waals surface area contributed by atoms with Gasteiger partial charge in [-0.3, -0.25) is 4.79 Å². The Morgan fingerprint density at radius 1 is 1.10 bits per heavy atom. The number of carbonyl (C=O) groups excluding carboxylic acids is 1. The number of hydrogen-bond donors (Lipinski definition) is 1. The summed E-state index contributed by atoms with van der Waals surface area (Å²) in [5.74, 6) is -1.61. The Kier molecular flexibility index (Phi) is 5.09. The second-order valence-electron chi connectivity index (χ2n) is 6.64. The van der Waals surface area contributed by atoms with Crippen LogP contribution in [0, 0.1) is 18.6 Å². The Morgan fingerprint density at radius 2 is 1.93 bits per heavy atom. The third kappa shape index (κ3) is 3.95. The van der Waals surface area contributed by atoms with Crippen molar-refractivity contribution in [1.29, 1.82) is 0 Å². The minimum atomic E-state index is -0.997. The second-order valence-corrected chi connectivity index (χ2v) is 6.64. The van der Waals surface area contributed by atoms with Crippen LogP contribution < -0.4 is 10.1 Å². The number of aryl methyl sites for hydroxylation is 1. The molecule has 1 N–H and O–H groups in total. The molecule has 4 rings (SSSR count). The van der Waals surface area contributed by atoms with Gasteiger partial charge in [0, 0.05) is 17.3 Å². The summed E-state index contributed by atoms with van der Waals surface area (Å²) < 4.78 is 33.7. The first-order valence-corrected chi connectivity index (χ1v) is 9.13. The lowest BCUT2D eigenvalue weighted by Crippen LogP contribution is -2.30. The summed E-state index contributed by atoms with van der Waals surface area (Å²) in [6.07, 6.45) is -0.997. The number of nitrogens with zero attached hydrogens (tertiary/aromatic N) is 4. The summed E-state index contributed by atoms with van der Waals surface area (Å²) in [4.78, 5) is 12.5. The summed E-state index contributed by atoms with van der Waals surface area (Å²) in [6.45, 7) is 3.28. The van der Waals surface area contributed by atoms with E-state index in [1.807, 2.05) is 12.1 Å². The van der Waals surface area contributed by atoms with Crippen molar-refractivity contribution < 1.29 is 18.3 Å². The van der Waals surface area contributed by atoms with Gasteiger partial charge in [0.05, 0.1) is 5.69 Å². The third-order valence-electron chi connectivity index (χ3n) is 4.41. The van der Waals surface area contributed by atoms with Crippen molar-refractivity contribution in [3.8, 4) is 17.0 Å². The van der Waals surface area contributed by atoms with Crippen LogP contribution >= 0.6 is 0 Å². The van der Waals surface area contributed by atoms with E-state index in [-0.39, 0.29) is 5.75 Å². The normalized spacial score (nSPS) is 12.0. The number of ether oxygens (including phenoxy) is 1. The number of anilines is 1. The maximum Gasteiger partial charge on any atom is 0.265 e. The van der Waals surface area contributed by atoms with Gasteiger partial charge >= 0.3 is 0 Å². The number of carbonyl (C=O) groups is 1. The van der Waals surface area contributed by atoms with Crippen molar-refractivity contribution in [3.63, 3.8) is 0 Å². The van der Waals surface area contributed by atoms with Crippen LogP contribution in [-0.4, -0.2) is 31.8 Å². The first kappa shape index (κ1) is 19.4. The van der Waals surface area contributed by atoms with Gasteiger partial charge in [0.2, 0.25) is 0 Å². The fraction of sp³-hybridized carbons (Fsp3) is 0.143. The SMILES string of the molecule is Cc1nnc2ccc(-c3cccc(NC(=O)C(C)Oc4ccc(F)cc4F)c3)nn12. The number of halogens is 2. The molecule has 2 aromatic carbocycles. The zero-order valence-corrected chi connectivity index (χ0v) is 16.1. The van der Waals surface area contributed by atoms with E-state index in [9.17, 15) is 13.6 Å². The third-order valence-corrected chi connectivity index (χ3v) is 4.41. The Bertz CT molecular complexity index is 1240. The minimum absolute atomic E-state index is 0.199. The van der Waals surface area contributed by atoms with Gasteiger partial charge in [-0.05, 0) is 50.2 Å². The fourth-order valence-electron chi connectivity index (χ4n) is 2.87. The molecule has 4 aromatic rings. The van der Waals surface area contributed by atoms with E-state index in [1.54, 1.807) is 35.7 Å². The molecule has 1 amide bonds. The highest BCUT2D eigenvalue weighted by molar-refractivity contribution is 5.94. The van der Waals surface area contributed by atoms with E-state index in [0.717, 1.165) is 17.7 Å². The number of hydrogen-bond acceptors (Lipinski definition) is 5. The van der Waals surface area contributed by atoms with E-state index in [2.05, 4.69) is 20.6 Å². The molecule has 0 aliphatic heterocycles. The van der Waals surface area contributed by atoms with Crippen LogP contribution in [0.3, 0.4) is 0 Å². The molecule has 9 heteroatoms. The van der Waals surface area contributed by atoms with Crippen LogP contribution in [-0.2, 0) is 4.79 Å². The Balaban J connectivity index is 1.50. The quantitative estimate of drug-likeness (QED) is 0.543. The molecular weight excluding hydrogens is 392 g/mol. The van der Waals surface area contributed by atoms with Crippen LogP contribution in [0.2, 0.25) is 0 Å². The largest absolute Gasteiger partial charge is 0.478 e. The highest BCUT2D eigenvalue weighted by atomic mass is 19.1. The lowest BCUT2D eigenvalue weighted by molar-refractivity contribution is -0.122. The zero-order chi connectivity index (χ0) is 21.3. The van der Waals surface area contributed by atoms with E-state index in [1.165, 1.54) is 6.92 Å². The summed E-state index contributed by atoms with van der Waals surface area (Å²) in [5.41, 5.74) is 2.62. The highest BCUT2D eigenvalue weighted by Crippen LogP contribution is 2.23. The summed E-state index contributed by atoms with van der Waals surface area (Å²) in [7, 11) is 0. The molecule has 0 saturated heterocycles. The van der Waals surface area contributed by atoms with Gasteiger partial charge in [-0.1, -0.05) is 12.1 Å². The average Bonchev–Trinajstić information content (AvgIpc) is 3.10. The monoisotopic (exact) mass is 409 g/mol. The topological polar surface area (TPSA) is 81.4 Å². The van der Waals surface area contributed by atoms with Gasteiger partial charge in [0.25, 0.3) is 5.91 Å². The molecule has 0 spiro atoms. The Morgan fingerprint density at radius 3 is 2.73 bits per heavy atom.